The predicted octanol–water partition coefficient (Wildman–Crippen LogP) is 1.75. The molecule has 1 unspecified atom stereocenters. The van der Waals surface area contributed by atoms with Crippen LogP contribution in [0.15, 0.2) is 0 Å². The zero-order valence-corrected chi connectivity index (χ0v) is 9.10. The Bertz CT molecular complexity index is 143. The molecule has 0 aromatic heterocycles. The van der Waals surface area contributed by atoms with E-state index in [-0.39, 0.29) is 0 Å². The van der Waals surface area contributed by atoms with Gasteiger partial charge in [-0.2, -0.15) is 0 Å². The molecule has 2 nitrogen and oxygen atoms in total. The van der Waals surface area contributed by atoms with E-state index in [1.165, 1.54) is 25.8 Å². The first-order valence-corrected chi connectivity index (χ1v) is 5.57. The van der Waals surface area contributed by atoms with Crippen LogP contribution in [0.2, 0.25) is 0 Å². The quantitative estimate of drug-likeness (QED) is 0.639. The van der Waals surface area contributed by atoms with Gasteiger partial charge in [-0.15, -0.1) is 0 Å². The van der Waals surface area contributed by atoms with Crippen LogP contribution in [-0.4, -0.2) is 19.6 Å². The average Bonchev–Trinajstić information content (AvgIpc) is 2.40. The number of nitrogens with one attached hydrogen (secondary N) is 1. The first-order chi connectivity index (χ1) is 6.17. The van der Waals surface area contributed by atoms with E-state index >= 15 is 0 Å². The Labute approximate surface area is 82.3 Å². The summed E-state index contributed by atoms with van der Waals surface area (Å²) in [5, 5.41) is 3.50. The van der Waals surface area contributed by atoms with E-state index < -0.39 is 0 Å². The molecule has 0 amide bonds. The number of hydrogen-bond donors (Lipinski definition) is 2. The van der Waals surface area contributed by atoms with E-state index in [2.05, 4.69) is 19.2 Å². The van der Waals surface area contributed by atoms with E-state index in [1.54, 1.807) is 0 Å². The van der Waals surface area contributed by atoms with E-state index in [9.17, 15) is 0 Å². The van der Waals surface area contributed by atoms with Crippen LogP contribution < -0.4 is 11.1 Å². The van der Waals surface area contributed by atoms with Gasteiger partial charge in [-0.05, 0) is 50.2 Å². The summed E-state index contributed by atoms with van der Waals surface area (Å²) in [5.41, 5.74) is 6.00. The molecule has 0 aromatic carbocycles. The highest BCUT2D eigenvalue weighted by atomic mass is 14.9. The predicted molar refractivity (Wildman–Crippen MR) is 57.7 cm³/mol. The van der Waals surface area contributed by atoms with Crippen LogP contribution in [-0.2, 0) is 0 Å². The third kappa shape index (κ3) is 3.28. The summed E-state index contributed by atoms with van der Waals surface area (Å²) >= 11 is 0. The molecule has 0 bridgehead atoms. The normalized spacial score (nSPS) is 26.5. The summed E-state index contributed by atoms with van der Waals surface area (Å²) < 4.78 is 0. The summed E-state index contributed by atoms with van der Waals surface area (Å²) in [6.45, 7) is 7.88. The van der Waals surface area contributed by atoms with Gasteiger partial charge in [-0.1, -0.05) is 20.3 Å². The lowest BCUT2D eigenvalue weighted by atomic mass is 9.82. The standard InChI is InChI=1S/C11H24N2/c1-11(2)6-3-5-10(11)9-13-8-4-7-12/h10,13H,3-9,12H2,1-2H3. The fraction of sp³-hybridized carbons (Fsp3) is 1.00. The molecule has 78 valence electrons. The summed E-state index contributed by atoms with van der Waals surface area (Å²) in [6.07, 6.45) is 5.32. The second-order valence-corrected chi connectivity index (χ2v) is 4.92. The van der Waals surface area contributed by atoms with Crippen molar-refractivity contribution in [3.05, 3.63) is 0 Å². The fourth-order valence-electron chi connectivity index (χ4n) is 2.28. The Morgan fingerprint density at radius 1 is 1.46 bits per heavy atom. The monoisotopic (exact) mass is 184 g/mol. The van der Waals surface area contributed by atoms with Crippen LogP contribution >= 0.6 is 0 Å². The number of rotatable bonds is 5. The molecule has 1 fully saturated rings. The third-order valence-corrected chi connectivity index (χ3v) is 3.43. The van der Waals surface area contributed by atoms with Gasteiger partial charge in [0.05, 0.1) is 0 Å². The largest absolute Gasteiger partial charge is 0.330 e. The van der Waals surface area contributed by atoms with Gasteiger partial charge >= 0.3 is 0 Å². The number of hydrogen-bond acceptors (Lipinski definition) is 2. The minimum absolute atomic E-state index is 0.565. The van der Waals surface area contributed by atoms with Crippen LogP contribution in [0.4, 0.5) is 0 Å². The molecular weight excluding hydrogens is 160 g/mol. The lowest BCUT2D eigenvalue weighted by Crippen LogP contribution is -2.30. The molecular formula is C11H24N2. The van der Waals surface area contributed by atoms with Crippen LogP contribution in [0, 0.1) is 11.3 Å². The molecule has 1 aliphatic carbocycles. The van der Waals surface area contributed by atoms with Crippen molar-refractivity contribution in [2.75, 3.05) is 19.6 Å². The van der Waals surface area contributed by atoms with Crippen molar-refractivity contribution in [1.29, 1.82) is 0 Å². The van der Waals surface area contributed by atoms with Crippen molar-refractivity contribution in [2.45, 2.75) is 39.5 Å². The molecule has 2 heteroatoms. The van der Waals surface area contributed by atoms with Crippen LogP contribution in [0.5, 0.6) is 0 Å². The van der Waals surface area contributed by atoms with Crippen LogP contribution in [0.25, 0.3) is 0 Å². The first kappa shape index (κ1) is 11.0. The summed E-state index contributed by atoms with van der Waals surface area (Å²) in [6, 6.07) is 0. The lowest BCUT2D eigenvalue weighted by Gasteiger charge is -2.27. The Hall–Kier alpha value is -0.0800. The molecule has 1 rings (SSSR count). The first-order valence-electron chi connectivity index (χ1n) is 5.57. The minimum atomic E-state index is 0.565. The van der Waals surface area contributed by atoms with Crippen molar-refractivity contribution in [1.82, 2.24) is 5.32 Å². The SMILES string of the molecule is CC1(C)CCCC1CNCCCN. The van der Waals surface area contributed by atoms with E-state index in [0.717, 1.165) is 25.4 Å². The van der Waals surface area contributed by atoms with Crippen molar-refractivity contribution < 1.29 is 0 Å². The minimum Gasteiger partial charge on any atom is -0.330 e. The summed E-state index contributed by atoms with van der Waals surface area (Å²) in [7, 11) is 0. The highest BCUT2D eigenvalue weighted by Gasteiger charge is 2.33. The van der Waals surface area contributed by atoms with Gasteiger partial charge in [0.15, 0.2) is 0 Å². The van der Waals surface area contributed by atoms with Gasteiger partial charge in [0.2, 0.25) is 0 Å². The van der Waals surface area contributed by atoms with Gasteiger partial charge in [0, 0.05) is 0 Å². The summed E-state index contributed by atoms with van der Waals surface area (Å²) in [4.78, 5) is 0. The molecule has 0 radical (unpaired) electrons. The Morgan fingerprint density at radius 2 is 2.23 bits per heavy atom. The van der Waals surface area contributed by atoms with Crippen LogP contribution in [0.1, 0.15) is 39.5 Å². The maximum absolute atomic E-state index is 5.44. The van der Waals surface area contributed by atoms with Crippen LogP contribution in [0.3, 0.4) is 0 Å². The Kier molecular flexibility index (Phi) is 4.20. The lowest BCUT2D eigenvalue weighted by molar-refractivity contribution is 0.252. The third-order valence-electron chi connectivity index (χ3n) is 3.43. The van der Waals surface area contributed by atoms with Gasteiger partial charge in [-0.25, -0.2) is 0 Å². The van der Waals surface area contributed by atoms with Crippen molar-refractivity contribution in [2.24, 2.45) is 17.1 Å². The molecule has 1 atom stereocenters. The number of nitrogens with two attached hydrogens (primary N) is 1. The van der Waals surface area contributed by atoms with E-state index in [1.807, 2.05) is 0 Å². The molecule has 13 heavy (non-hydrogen) atoms. The van der Waals surface area contributed by atoms with E-state index in [4.69, 9.17) is 5.73 Å². The molecule has 1 aliphatic rings. The van der Waals surface area contributed by atoms with Crippen molar-refractivity contribution >= 4 is 0 Å². The van der Waals surface area contributed by atoms with Crippen molar-refractivity contribution in [3.8, 4) is 0 Å². The molecule has 0 heterocycles. The van der Waals surface area contributed by atoms with Gasteiger partial charge in [0.25, 0.3) is 0 Å². The maximum atomic E-state index is 5.44. The fourth-order valence-corrected chi connectivity index (χ4v) is 2.28. The highest BCUT2D eigenvalue weighted by Crippen LogP contribution is 2.41. The van der Waals surface area contributed by atoms with Gasteiger partial charge < -0.3 is 11.1 Å². The smallest absolute Gasteiger partial charge is 0.00154 e. The topological polar surface area (TPSA) is 38.0 Å². The highest BCUT2D eigenvalue weighted by molar-refractivity contribution is 4.85. The molecule has 0 aromatic rings. The maximum Gasteiger partial charge on any atom is -0.00154 e. The molecule has 3 N–H and O–H groups in total. The Morgan fingerprint density at radius 3 is 2.77 bits per heavy atom. The zero-order chi connectivity index (χ0) is 9.73. The van der Waals surface area contributed by atoms with Gasteiger partial charge in [-0.3, -0.25) is 0 Å². The van der Waals surface area contributed by atoms with Gasteiger partial charge in [0.1, 0.15) is 0 Å². The zero-order valence-electron chi connectivity index (χ0n) is 9.10. The molecule has 0 aliphatic heterocycles. The van der Waals surface area contributed by atoms with E-state index in [0.29, 0.717) is 5.41 Å². The average molecular weight is 184 g/mol. The Balaban J connectivity index is 2.14. The molecule has 0 saturated heterocycles. The van der Waals surface area contributed by atoms with Crippen molar-refractivity contribution in [3.63, 3.8) is 0 Å². The molecule has 1 saturated carbocycles. The summed E-state index contributed by atoms with van der Waals surface area (Å²) in [5.74, 6) is 0.880. The molecule has 0 spiro atoms. The second kappa shape index (κ2) is 4.97. The second-order valence-electron chi connectivity index (χ2n) is 4.92.